The topological polar surface area (TPSA) is 61.0 Å². The summed E-state index contributed by atoms with van der Waals surface area (Å²) in [4.78, 5) is 20.6. The second kappa shape index (κ2) is 4.09. The quantitative estimate of drug-likeness (QED) is 0.701. The molecule has 0 atom stereocenters. The molecule has 0 spiro atoms. The number of imidazole rings is 1. The lowest BCUT2D eigenvalue weighted by molar-refractivity contribution is 0.877. The molecule has 14 heavy (non-hydrogen) atoms. The minimum Gasteiger partial charge on any atom is -0.306 e. The summed E-state index contributed by atoms with van der Waals surface area (Å²) in [6, 6.07) is 0. The SMILES string of the molecule is C=Cc1[nH]c(=O)[nH]c1C(=NC)C(C)C. The number of hydrogen-bond acceptors (Lipinski definition) is 2. The maximum atomic E-state index is 11.1. The highest BCUT2D eigenvalue weighted by molar-refractivity contribution is 6.02. The van der Waals surface area contributed by atoms with Gasteiger partial charge in [-0.25, -0.2) is 4.79 Å². The summed E-state index contributed by atoms with van der Waals surface area (Å²) in [5.41, 5.74) is 2.08. The molecule has 0 aliphatic heterocycles. The van der Waals surface area contributed by atoms with Gasteiger partial charge in [-0.05, 0) is 12.0 Å². The van der Waals surface area contributed by atoms with Gasteiger partial charge in [-0.1, -0.05) is 20.4 Å². The van der Waals surface area contributed by atoms with Crippen LogP contribution in [0.25, 0.3) is 6.08 Å². The molecule has 4 heteroatoms. The standard InChI is InChI=1S/C10H15N3O/c1-5-7-9(13-10(14)12-7)8(11-4)6(2)3/h5-6H,1H2,2-4H3,(H2,12,13,14). The molecule has 1 heterocycles. The Morgan fingerprint density at radius 2 is 2.14 bits per heavy atom. The first-order chi connectivity index (χ1) is 6.60. The highest BCUT2D eigenvalue weighted by Gasteiger charge is 2.13. The molecule has 1 rings (SSSR count). The van der Waals surface area contributed by atoms with Gasteiger partial charge in [0, 0.05) is 7.05 Å². The zero-order valence-corrected chi connectivity index (χ0v) is 8.72. The van der Waals surface area contributed by atoms with E-state index in [1.807, 2.05) is 13.8 Å². The van der Waals surface area contributed by atoms with Gasteiger partial charge in [0.1, 0.15) is 0 Å². The van der Waals surface area contributed by atoms with Gasteiger partial charge >= 0.3 is 5.69 Å². The van der Waals surface area contributed by atoms with E-state index in [1.165, 1.54) is 0 Å². The van der Waals surface area contributed by atoms with E-state index in [0.29, 0.717) is 5.69 Å². The smallest absolute Gasteiger partial charge is 0.306 e. The summed E-state index contributed by atoms with van der Waals surface area (Å²) < 4.78 is 0. The molecule has 0 amide bonds. The molecular formula is C10H15N3O. The second-order valence-electron chi connectivity index (χ2n) is 3.34. The van der Waals surface area contributed by atoms with Gasteiger partial charge in [0.15, 0.2) is 0 Å². The van der Waals surface area contributed by atoms with Crippen LogP contribution in [0, 0.1) is 5.92 Å². The van der Waals surface area contributed by atoms with Crippen molar-refractivity contribution in [2.45, 2.75) is 13.8 Å². The third-order valence-corrected chi connectivity index (χ3v) is 2.00. The molecule has 0 fully saturated rings. The number of aliphatic imine (C=N–C) groups is 1. The number of hydrogen-bond donors (Lipinski definition) is 2. The average Bonchev–Trinajstić information content (AvgIpc) is 2.47. The Morgan fingerprint density at radius 3 is 2.57 bits per heavy atom. The molecule has 0 saturated heterocycles. The number of nitrogens with zero attached hydrogens (tertiary/aromatic N) is 1. The first kappa shape index (κ1) is 10.5. The number of rotatable bonds is 3. The minimum absolute atomic E-state index is 0.225. The van der Waals surface area contributed by atoms with Gasteiger partial charge in [0.05, 0.1) is 17.1 Å². The van der Waals surface area contributed by atoms with E-state index >= 15 is 0 Å². The van der Waals surface area contributed by atoms with E-state index in [0.717, 1.165) is 11.4 Å². The lowest BCUT2D eigenvalue weighted by Gasteiger charge is -2.07. The predicted molar refractivity (Wildman–Crippen MR) is 58.8 cm³/mol. The summed E-state index contributed by atoms with van der Waals surface area (Å²) in [7, 11) is 1.72. The van der Waals surface area contributed by atoms with Crippen molar-refractivity contribution in [3.8, 4) is 0 Å². The molecule has 4 nitrogen and oxygen atoms in total. The summed E-state index contributed by atoms with van der Waals surface area (Å²) in [5.74, 6) is 0.269. The lowest BCUT2D eigenvalue weighted by Crippen LogP contribution is -2.12. The van der Waals surface area contributed by atoms with Crippen LogP contribution in [0.1, 0.15) is 25.2 Å². The molecule has 0 unspecified atom stereocenters. The van der Waals surface area contributed by atoms with E-state index in [4.69, 9.17) is 0 Å². The summed E-state index contributed by atoms with van der Waals surface area (Å²) in [5, 5.41) is 0. The van der Waals surface area contributed by atoms with Crippen molar-refractivity contribution in [3.63, 3.8) is 0 Å². The van der Waals surface area contributed by atoms with Crippen molar-refractivity contribution in [1.29, 1.82) is 0 Å². The van der Waals surface area contributed by atoms with Crippen LogP contribution in [0.5, 0.6) is 0 Å². The normalized spacial score (nSPS) is 12.1. The van der Waals surface area contributed by atoms with Crippen molar-refractivity contribution in [2.24, 2.45) is 10.9 Å². The van der Waals surface area contributed by atoms with Gasteiger partial charge in [-0.15, -0.1) is 0 Å². The number of H-pyrrole nitrogens is 2. The van der Waals surface area contributed by atoms with Crippen LogP contribution >= 0.6 is 0 Å². The van der Waals surface area contributed by atoms with Crippen LogP contribution < -0.4 is 5.69 Å². The summed E-state index contributed by atoms with van der Waals surface area (Å²) in [6.45, 7) is 7.69. The Balaban J connectivity index is 3.29. The average molecular weight is 193 g/mol. The van der Waals surface area contributed by atoms with Crippen molar-refractivity contribution in [2.75, 3.05) is 7.05 Å². The highest BCUT2D eigenvalue weighted by Crippen LogP contribution is 2.10. The first-order valence-electron chi connectivity index (χ1n) is 4.52. The Morgan fingerprint density at radius 1 is 1.50 bits per heavy atom. The fraction of sp³-hybridized carbons (Fsp3) is 0.400. The van der Waals surface area contributed by atoms with Crippen LogP contribution in [0.15, 0.2) is 16.4 Å². The zero-order chi connectivity index (χ0) is 10.7. The minimum atomic E-state index is -0.225. The number of nitrogens with one attached hydrogen (secondary N) is 2. The molecule has 0 aromatic carbocycles. The van der Waals surface area contributed by atoms with E-state index in [-0.39, 0.29) is 11.6 Å². The largest absolute Gasteiger partial charge is 0.323 e. The fourth-order valence-corrected chi connectivity index (χ4v) is 1.41. The van der Waals surface area contributed by atoms with Gasteiger partial charge < -0.3 is 9.97 Å². The van der Waals surface area contributed by atoms with E-state index < -0.39 is 0 Å². The zero-order valence-electron chi connectivity index (χ0n) is 8.72. The maximum absolute atomic E-state index is 11.1. The molecule has 0 bridgehead atoms. The molecule has 0 radical (unpaired) electrons. The van der Waals surface area contributed by atoms with Crippen molar-refractivity contribution >= 4 is 11.8 Å². The van der Waals surface area contributed by atoms with E-state index in [9.17, 15) is 4.79 Å². The van der Waals surface area contributed by atoms with Gasteiger partial charge in [-0.3, -0.25) is 4.99 Å². The highest BCUT2D eigenvalue weighted by atomic mass is 16.1. The molecule has 1 aromatic rings. The van der Waals surface area contributed by atoms with Crippen LogP contribution in [-0.4, -0.2) is 22.7 Å². The van der Waals surface area contributed by atoms with Crippen LogP contribution in [0.2, 0.25) is 0 Å². The van der Waals surface area contributed by atoms with Crippen LogP contribution in [0.3, 0.4) is 0 Å². The van der Waals surface area contributed by atoms with Crippen molar-refractivity contribution in [3.05, 3.63) is 28.5 Å². The summed E-state index contributed by atoms with van der Waals surface area (Å²) >= 11 is 0. The van der Waals surface area contributed by atoms with Gasteiger partial charge in [0.25, 0.3) is 0 Å². The monoisotopic (exact) mass is 193 g/mol. The van der Waals surface area contributed by atoms with Crippen molar-refractivity contribution < 1.29 is 0 Å². The lowest BCUT2D eigenvalue weighted by atomic mass is 10.0. The summed E-state index contributed by atoms with van der Waals surface area (Å²) in [6.07, 6.45) is 1.61. The molecule has 0 aliphatic rings. The molecular weight excluding hydrogens is 178 g/mol. The Labute approximate surface area is 82.8 Å². The van der Waals surface area contributed by atoms with Gasteiger partial charge in [0.2, 0.25) is 0 Å². The number of aromatic nitrogens is 2. The molecule has 2 N–H and O–H groups in total. The molecule has 0 saturated carbocycles. The third-order valence-electron chi connectivity index (χ3n) is 2.00. The molecule has 0 aliphatic carbocycles. The molecule has 76 valence electrons. The Hall–Kier alpha value is -1.58. The molecule has 1 aromatic heterocycles. The maximum Gasteiger partial charge on any atom is 0.323 e. The van der Waals surface area contributed by atoms with E-state index in [1.54, 1.807) is 13.1 Å². The predicted octanol–water partition coefficient (Wildman–Crippen LogP) is 1.42. The Bertz CT molecular complexity index is 409. The van der Waals surface area contributed by atoms with Crippen LogP contribution in [-0.2, 0) is 0 Å². The Kier molecular flexibility index (Phi) is 3.06. The van der Waals surface area contributed by atoms with E-state index in [2.05, 4.69) is 21.5 Å². The first-order valence-corrected chi connectivity index (χ1v) is 4.52. The van der Waals surface area contributed by atoms with Crippen LogP contribution in [0.4, 0.5) is 0 Å². The van der Waals surface area contributed by atoms with Gasteiger partial charge in [-0.2, -0.15) is 0 Å². The third kappa shape index (κ3) is 1.84. The van der Waals surface area contributed by atoms with Crippen molar-refractivity contribution in [1.82, 2.24) is 9.97 Å². The second-order valence-corrected chi connectivity index (χ2v) is 3.34. The fourth-order valence-electron chi connectivity index (χ4n) is 1.41. The number of aromatic amines is 2.